The Morgan fingerprint density at radius 2 is 2.07 bits per heavy atom. The summed E-state index contributed by atoms with van der Waals surface area (Å²) in [5.74, 6) is 0.857. The summed E-state index contributed by atoms with van der Waals surface area (Å²) in [4.78, 5) is 12.3. The molecule has 3 aromatic rings. The van der Waals surface area contributed by atoms with Crippen molar-refractivity contribution in [1.82, 2.24) is 25.1 Å². The third kappa shape index (κ3) is 3.06. The first kappa shape index (κ1) is 16.6. The summed E-state index contributed by atoms with van der Waals surface area (Å²) in [5.41, 5.74) is 6.16. The lowest BCUT2D eigenvalue weighted by molar-refractivity contribution is 0.135. The number of hydrogen-bond acceptors (Lipinski definition) is 4. The van der Waals surface area contributed by atoms with Crippen molar-refractivity contribution in [2.24, 2.45) is 0 Å². The summed E-state index contributed by atoms with van der Waals surface area (Å²) in [5, 5.41) is 7.49. The minimum absolute atomic E-state index is 0.172. The Labute approximate surface area is 159 Å². The number of nitrogens with one attached hydrogen (secondary N) is 1. The van der Waals surface area contributed by atoms with E-state index in [4.69, 9.17) is 4.98 Å². The minimum atomic E-state index is 0.172. The summed E-state index contributed by atoms with van der Waals surface area (Å²) in [6, 6.07) is 12.5. The predicted molar refractivity (Wildman–Crippen MR) is 105 cm³/mol. The second-order valence-electron chi connectivity index (χ2n) is 8.07. The number of aromatic amines is 1. The average molecular weight is 359 g/mol. The quantitative estimate of drug-likeness (QED) is 0.775. The number of rotatable bonds is 3. The zero-order valence-corrected chi connectivity index (χ0v) is 15.8. The summed E-state index contributed by atoms with van der Waals surface area (Å²) >= 11 is 0. The molecule has 1 aliphatic heterocycles. The van der Waals surface area contributed by atoms with Crippen LogP contribution in [0.5, 0.6) is 0 Å². The highest BCUT2D eigenvalue weighted by molar-refractivity contribution is 5.55. The highest BCUT2D eigenvalue weighted by Crippen LogP contribution is 2.44. The summed E-state index contributed by atoms with van der Waals surface area (Å²) < 4.78 is 0. The molecule has 5 heteroatoms. The van der Waals surface area contributed by atoms with Crippen LogP contribution in [-0.4, -0.2) is 38.2 Å². The van der Waals surface area contributed by atoms with Crippen molar-refractivity contribution in [3.05, 3.63) is 65.2 Å². The fraction of sp³-hybridized carbons (Fsp3) is 0.409. The van der Waals surface area contributed by atoms with Gasteiger partial charge in [-0.2, -0.15) is 5.10 Å². The Morgan fingerprint density at radius 1 is 1.19 bits per heavy atom. The fourth-order valence-electron chi connectivity index (χ4n) is 4.81. The van der Waals surface area contributed by atoms with Gasteiger partial charge in [-0.05, 0) is 50.8 Å². The van der Waals surface area contributed by atoms with E-state index in [0.29, 0.717) is 0 Å². The van der Waals surface area contributed by atoms with Crippen molar-refractivity contribution in [3.8, 4) is 11.4 Å². The average Bonchev–Trinajstić information content (AvgIpc) is 3.26. The van der Waals surface area contributed by atoms with Gasteiger partial charge in [0.05, 0.1) is 11.4 Å². The van der Waals surface area contributed by atoms with Crippen molar-refractivity contribution in [2.45, 2.75) is 44.6 Å². The van der Waals surface area contributed by atoms with Gasteiger partial charge in [-0.1, -0.05) is 30.3 Å². The molecule has 1 N–H and O–H groups in total. The molecule has 1 spiro atoms. The molecular formula is C22H25N5. The molecule has 5 nitrogen and oxygen atoms in total. The van der Waals surface area contributed by atoms with E-state index < -0.39 is 0 Å². The molecule has 2 aliphatic rings. The lowest BCUT2D eigenvalue weighted by Crippen LogP contribution is -2.45. The van der Waals surface area contributed by atoms with Crippen LogP contribution in [0.25, 0.3) is 11.4 Å². The number of benzene rings is 1. The molecule has 5 rings (SSSR count). The number of H-pyrrole nitrogens is 1. The van der Waals surface area contributed by atoms with E-state index in [0.717, 1.165) is 48.8 Å². The molecule has 0 bridgehead atoms. The van der Waals surface area contributed by atoms with Crippen LogP contribution in [0.3, 0.4) is 0 Å². The molecule has 3 heterocycles. The molecular weight excluding hydrogens is 334 g/mol. The van der Waals surface area contributed by atoms with Crippen LogP contribution in [0.1, 0.15) is 41.9 Å². The number of piperidine rings is 1. The normalized spacial score (nSPS) is 22.3. The second kappa shape index (κ2) is 6.57. The van der Waals surface area contributed by atoms with Crippen LogP contribution in [0, 0.1) is 6.92 Å². The summed E-state index contributed by atoms with van der Waals surface area (Å²) in [6.45, 7) is 5.18. The maximum absolute atomic E-state index is 5.09. The maximum atomic E-state index is 5.09. The number of fused-ring (bicyclic) bond motifs is 2. The van der Waals surface area contributed by atoms with Gasteiger partial charge in [-0.15, -0.1) is 0 Å². The van der Waals surface area contributed by atoms with Gasteiger partial charge in [0.2, 0.25) is 0 Å². The van der Waals surface area contributed by atoms with E-state index in [1.165, 1.54) is 30.5 Å². The molecule has 0 amide bonds. The molecule has 1 aromatic carbocycles. The SMILES string of the molecule is Cc1cc(CN2CCCC3(CCc4cnc(-c5ccccc5)nc43)C2)n[nH]1. The van der Waals surface area contributed by atoms with Gasteiger partial charge in [0.25, 0.3) is 0 Å². The zero-order chi connectivity index (χ0) is 18.3. The smallest absolute Gasteiger partial charge is 0.159 e. The number of hydrogen-bond donors (Lipinski definition) is 1. The Kier molecular flexibility index (Phi) is 4.05. The second-order valence-corrected chi connectivity index (χ2v) is 8.07. The van der Waals surface area contributed by atoms with Crippen LogP contribution in [-0.2, 0) is 18.4 Å². The van der Waals surface area contributed by atoms with E-state index in [1.807, 2.05) is 6.07 Å². The number of aromatic nitrogens is 4. The van der Waals surface area contributed by atoms with Gasteiger partial charge in [0, 0.05) is 36.0 Å². The van der Waals surface area contributed by atoms with E-state index in [-0.39, 0.29) is 5.41 Å². The van der Waals surface area contributed by atoms with Gasteiger partial charge in [-0.25, -0.2) is 9.97 Å². The number of nitrogens with zero attached hydrogens (tertiary/aromatic N) is 4. The first-order chi connectivity index (χ1) is 13.2. The largest absolute Gasteiger partial charge is 0.296 e. The van der Waals surface area contributed by atoms with Crippen molar-refractivity contribution in [3.63, 3.8) is 0 Å². The van der Waals surface area contributed by atoms with Crippen molar-refractivity contribution in [1.29, 1.82) is 0 Å². The van der Waals surface area contributed by atoms with Crippen molar-refractivity contribution < 1.29 is 0 Å². The third-order valence-corrected chi connectivity index (χ3v) is 6.07. The first-order valence-corrected chi connectivity index (χ1v) is 9.87. The van der Waals surface area contributed by atoms with Gasteiger partial charge < -0.3 is 0 Å². The number of likely N-dealkylation sites (tertiary alicyclic amines) is 1. The Morgan fingerprint density at radius 3 is 2.89 bits per heavy atom. The monoisotopic (exact) mass is 359 g/mol. The molecule has 0 saturated carbocycles. The molecule has 1 fully saturated rings. The van der Waals surface area contributed by atoms with Crippen LogP contribution in [0.15, 0.2) is 42.6 Å². The van der Waals surface area contributed by atoms with Crippen molar-refractivity contribution >= 4 is 0 Å². The molecule has 1 aliphatic carbocycles. The molecule has 2 aromatic heterocycles. The Balaban J connectivity index is 1.44. The van der Waals surface area contributed by atoms with E-state index in [1.54, 1.807) is 0 Å². The Hall–Kier alpha value is -2.53. The van der Waals surface area contributed by atoms with Crippen LogP contribution < -0.4 is 0 Å². The van der Waals surface area contributed by atoms with Crippen molar-refractivity contribution in [2.75, 3.05) is 13.1 Å². The lowest BCUT2D eigenvalue weighted by atomic mass is 9.77. The maximum Gasteiger partial charge on any atom is 0.159 e. The highest BCUT2D eigenvalue weighted by Gasteiger charge is 2.43. The summed E-state index contributed by atoms with van der Waals surface area (Å²) in [6.07, 6.45) is 6.79. The third-order valence-electron chi connectivity index (χ3n) is 6.07. The van der Waals surface area contributed by atoms with Gasteiger partial charge in [-0.3, -0.25) is 10.00 Å². The molecule has 1 unspecified atom stereocenters. The number of aryl methyl sites for hydroxylation is 2. The lowest BCUT2D eigenvalue weighted by Gasteiger charge is -2.40. The molecule has 27 heavy (non-hydrogen) atoms. The van der Waals surface area contributed by atoms with Gasteiger partial charge in [0.15, 0.2) is 5.82 Å². The van der Waals surface area contributed by atoms with Crippen LogP contribution in [0.4, 0.5) is 0 Å². The van der Waals surface area contributed by atoms with E-state index in [2.05, 4.69) is 63.5 Å². The van der Waals surface area contributed by atoms with E-state index in [9.17, 15) is 0 Å². The van der Waals surface area contributed by atoms with Crippen LogP contribution >= 0.6 is 0 Å². The molecule has 0 radical (unpaired) electrons. The molecule has 138 valence electrons. The summed E-state index contributed by atoms with van der Waals surface area (Å²) in [7, 11) is 0. The van der Waals surface area contributed by atoms with Gasteiger partial charge in [0.1, 0.15) is 0 Å². The topological polar surface area (TPSA) is 57.7 Å². The standard InChI is InChI=1S/C22H25N5/c1-16-12-19(26-25-16)14-27-11-5-9-22(15-27)10-8-18-13-23-21(24-20(18)22)17-6-3-2-4-7-17/h2-4,6-7,12-13H,5,8-11,14-15H2,1H3,(H,25,26). The predicted octanol–water partition coefficient (Wildman–Crippen LogP) is 3.66. The Bertz CT molecular complexity index is 944. The molecule has 1 saturated heterocycles. The minimum Gasteiger partial charge on any atom is -0.296 e. The zero-order valence-electron chi connectivity index (χ0n) is 15.8. The first-order valence-electron chi connectivity index (χ1n) is 9.87. The van der Waals surface area contributed by atoms with Gasteiger partial charge >= 0.3 is 0 Å². The van der Waals surface area contributed by atoms with Crippen LogP contribution in [0.2, 0.25) is 0 Å². The highest BCUT2D eigenvalue weighted by atomic mass is 15.2. The fourth-order valence-corrected chi connectivity index (χ4v) is 4.81. The van der Waals surface area contributed by atoms with E-state index >= 15 is 0 Å². The molecule has 1 atom stereocenters.